The van der Waals surface area contributed by atoms with Crippen LogP contribution in [0.1, 0.15) is 0 Å². The lowest BCUT2D eigenvalue weighted by Crippen LogP contribution is -2.16. The average molecular weight is 230 g/mol. The van der Waals surface area contributed by atoms with Crippen LogP contribution in [0.2, 0.25) is 0 Å². The zero-order chi connectivity index (χ0) is 10.2. The highest BCUT2D eigenvalue weighted by molar-refractivity contribution is 8.30. The molecule has 0 saturated carbocycles. The zero-order valence-electron chi connectivity index (χ0n) is 6.16. The van der Waals surface area contributed by atoms with Gasteiger partial charge in [-0.05, 0) is 13.3 Å². The van der Waals surface area contributed by atoms with Crippen LogP contribution in [-0.4, -0.2) is 25.2 Å². The second kappa shape index (κ2) is 3.67. The Morgan fingerprint density at radius 3 is 1.00 bits per heavy atom. The highest BCUT2D eigenvalue weighted by Gasteiger charge is 2.58. The van der Waals surface area contributed by atoms with Gasteiger partial charge in [-0.1, -0.05) is 7.61 Å². The summed E-state index contributed by atoms with van der Waals surface area (Å²) >= 11 is 0. The summed E-state index contributed by atoms with van der Waals surface area (Å²) in [5.41, 5.74) is 0. The maximum atomic E-state index is 11.8. The molecule has 0 aliphatic heterocycles. The molecular weight excluding hydrogens is 224 g/mol. The van der Waals surface area contributed by atoms with Gasteiger partial charge in [0.25, 0.3) is 0 Å². The van der Waals surface area contributed by atoms with Gasteiger partial charge in [-0.3, -0.25) is 0 Å². The second-order valence-electron chi connectivity index (χ2n) is 2.09. The molecule has 0 unspecified atom stereocenters. The quantitative estimate of drug-likeness (QED) is 0.468. The van der Waals surface area contributed by atoms with E-state index in [1.807, 2.05) is 0 Å². The molecule has 0 fully saturated rings. The molecule has 0 amide bonds. The Morgan fingerprint density at radius 1 is 0.750 bits per heavy atom. The molecule has 74 valence electrons. The van der Waals surface area contributed by atoms with Crippen LogP contribution in [0.25, 0.3) is 0 Å². The minimum atomic E-state index is -5.11. The monoisotopic (exact) mass is 230 g/mol. The maximum Gasteiger partial charge on any atom is 0.417 e. The molecule has 0 radical (unpaired) electrons. The topological polar surface area (TPSA) is 0 Å². The van der Waals surface area contributed by atoms with Crippen molar-refractivity contribution in [3.8, 4) is 0 Å². The summed E-state index contributed by atoms with van der Waals surface area (Å²) in [5.74, 6) is -10.2. The van der Waals surface area contributed by atoms with Crippen molar-refractivity contribution in [1.82, 2.24) is 0 Å². The molecule has 0 spiro atoms. The minimum Gasteiger partial charge on any atom is -0.166 e. The molecule has 0 atom stereocenters. The molecule has 0 aliphatic rings. The van der Waals surface area contributed by atoms with Crippen molar-refractivity contribution in [2.45, 2.75) is 11.8 Å². The number of alkyl halides is 6. The summed E-state index contributed by atoms with van der Waals surface area (Å²) in [4.78, 5) is 0. The average Bonchev–Trinajstić information content (AvgIpc) is 1.49. The van der Waals surface area contributed by atoms with Crippen LogP contribution in [0.15, 0.2) is 0 Å². The Kier molecular flexibility index (Phi) is 3.80. The lowest BCUT2D eigenvalue weighted by atomic mass is 11.5. The van der Waals surface area contributed by atoms with Crippen LogP contribution >= 0.6 is 15.2 Å². The fourth-order valence-corrected chi connectivity index (χ4v) is 4.51. The van der Waals surface area contributed by atoms with Crippen molar-refractivity contribution >= 4 is 15.2 Å². The Labute approximate surface area is 67.7 Å². The molecule has 0 aromatic carbocycles. The number of halogens is 6. The van der Waals surface area contributed by atoms with E-state index in [9.17, 15) is 26.3 Å². The summed E-state index contributed by atoms with van der Waals surface area (Å²) < 4.78 is 70.8. The van der Waals surface area contributed by atoms with Crippen LogP contribution in [0, 0.1) is 0 Å². The van der Waals surface area contributed by atoms with E-state index in [4.69, 9.17) is 0 Å². The molecule has 0 rings (SSSR count). The van der Waals surface area contributed by atoms with Crippen molar-refractivity contribution in [2.75, 3.05) is 13.3 Å². The summed E-state index contributed by atoms with van der Waals surface area (Å²) in [6, 6.07) is 0. The van der Waals surface area contributed by atoms with Gasteiger partial charge in [-0.15, -0.1) is 0 Å². The molecule has 8 heteroatoms. The Balaban J connectivity index is 4.70. The molecule has 0 N–H and O–H groups in total. The molecule has 0 heterocycles. The van der Waals surface area contributed by atoms with Gasteiger partial charge in [-0.2, -0.15) is 26.3 Å². The highest BCUT2D eigenvalue weighted by atomic mass is 32.1. The van der Waals surface area contributed by atoms with Gasteiger partial charge < -0.3 is 0 Å². The van der Waals surface area contributed by atoms with E-state index in [-0.39, 0.29) is 0 Å². The maximum absolute atomic E-state index is 11.8. The Hall–Kier alpha value is 0.440. The van der Waals surface area contributed by atoms with Crippen LogP contribution in [0.3, 0.4) is 0 Å². The SMILES string of the molecule is CP(C)P(C(F)(F)F)C(F)(F)F. The fraction of sp³-hybridized carbons (Fsp3) is 1.00. The van der Waals surface area contributed by atoms with Gasteiger partial charge in [0, 0.05) is 0 Å². The lowest BCUT2D eigenvalue weighted by molar-refractivity contribution is -0.0796. The lowest BCUT2D eigenvalue weighted by Gasteiger charge is -2.25. The molecular formula is C4H6F6P2. The smallest absolute Gasteiger partial charge is 0.166 e. The van der Waals surface area contributed by atoms with E-state index in [2.05, 4.69) is 0 Å². The Morgan fingerprint density at radius 2 is 1.00 bits per heavy atom. The van der Waals surface area contributed by atoms with E-state index in [0.717, 1.165) is 13.3 Å². The fourth-order valence-electron chi connectivity index (χ4n) is 0.597. The summed E-state index contributed by atoms with van der Waals surface area (Å²) in [5, 5.41) is 0. The van der Waals surface area contributed by atoms with Gasteiger partial charge >= 0.3 is 11.8 Å². The van der Waals surface area contributed by atoms with Crippen LogP contribution in [-0.2, 0) is 0 Å². The zero-order valence-corrected chi connectivity index (χ0v) is 7.95. The van der Waals surface area contributed by atoms with Crippen molar-refractivity contribution in [1.29, 1.82) is 0 Å². The van der Waals surface area contributed by atoms with Gasteiger partial charge in [0.15, 0.2) is 0 Å². The molecule has 0 aromatic rings. The van der Waals surface area contributed by atoms with E-state index in [1.54, 1.807) is 0 Å². The molecule has 0 saturated heterocycles. The standard InChI is InChI=1S/C4H6F6P2/c1-11(2)12(3(5,6)7)4(8,9)10/h1-2H3. The Bertz CT molecular complexity index is 133. The van der Waals surface area contributed by atoms with Crippen molar-refractivity contribution < 1.29 is 26.3 Å². The molecule has 0 bridgehead atoms. The van der Waals surface area contributed by atoms with Crippen molar-refractivity contribution in [2.24, 2.45) is 0 Å². The predicted molar refractivity (Wildman–Crippen MR) is 37.8 cm³/mol. The first-order valence-corrected chi connectivity index (χ1v) is 6.96. The largest absolute Gasteiger partial charge is 0.417 e. The first-order chi connectivity index (χ1) is 5.07. The van der Waals surface area contributed by atoms with E-state index >= 15 is 0 Å². The van der Waals surface area contributed by atoms with Crippen LogP contribution in [0.4, 0.5) is 26.3 Å². The van der Waals surface area contributed by atoms with E-state index in [0.29, 0.717) is 0 Å². The number of hydrogen-bond acceptors (Lipinski definition) is 0. The third-order valence-electron chi connectivity index (χ3n) is 0.880. The molecule has 0 aliphatic carbocycles. The van der Waals surface area contributed by atoms with Crippen LogP contribution < -0.4 is 0 Å². The summed E-state index contributed by atoms with van der Waals surface area (Å²) in [6.45, 7) is 1.98. The van der Waals surface area contributed by atoms with Crippen LogP contribution in [0.5, 0.6) is 0 Å². The van der Waals surface area contributed by atoms with Gasteiger partial charge in [-0.25, -0.2) is 0 Å². The highest BCUT2D eigenvalue weighted by Crippen LogP contribution is 2.80. The van der Waals surface area contributed by atoms with E-state index in [1.165, 1.54) is 0 Å². The minimum absolute atomic E-state index is 0.988. The number of hydrogen-bond donors (Lipinski definition) is 0. The van der Waals surface area contributed by atoms with Gasteiger partial charge in [0.1, 0.15) is 7.61 Å². The van der Waals surface area contributed by atoms with E-state index < -0.39 is 27.1 Å². The van der Waals surface area contributed by atoms with Gasteiger partial charge in [0.2, 0.25) is 0 Å². The van der Waals surface area contributed by atoms with Crippen molar-refractivity contribution in [3.05, 3.63) is 0 Å². The molecule has 0 nitrogen and oxygen atoms in total. The predicted octanol–water partition coefficient (Wildman–Crippen LogP) is 4.16. The number of rotatable bonds is 1. The first-order valence-electron chi connectivity index (χ1n) is 2.68. The molecule has 0 aromatic heterocycles. The van der Waals surface area contributed by atoms with Crippen molar-refractivity contribution in [3.63, 3.8) is 0 Å². The normalized spacial score (nSPS) is 14.5. The van der Waals surface area contributed by atoms with Gasteiger partial charge in [0.05, 0.1) is 0 Å². The third kappa shape index (κ3) is 3.44. The summed E-state index contributed by atoms with van der Waals surface area (Å²) in [7, 11) is -5.86. The molecule has 12 heavy (non-hydrogen) atoms. The second-order valence-corrected chi connectivity index (χ2v) is 9.03. The third-order valence-corrected chi connectivity index (χ3v) is 6.40. The first kappa shape index (κ1) is 12.4. The summed E-state index contributed by atoms with van der Waals surface area (Å²) in [6.07, 6.45) is 0.